The van der Waals surface area contributed by atoms with Crippen molar-refractivity contribution in [1.29, 1.82) is 5.26 Å². The van der Waals surface area contributed by atoms with Crippen LogP contribution in [-0.4, -0.2) is 32.8 Å². The Morgan fingerprint density at radius 1 is 1.24 bits per heavy atom. The smallest absolute Gasteiger partial charge is 0.348 e. The first-order valence-corrected chi connectivity index (χ1v) is 9.31. The standard InChI is InChI=1S/C20H20N2O6S/c1-4-27-20(24)18-15(14(10-21)19(22)29-18)11-28-17(23)8-5-12-9-13(25-2)6-7-16(12)26-3/h5-9H,4,11,22H2,1-3H3/b8-5+. The number of rotatable bonds is 8. The number of carbonyl (C=O) groups excluding carboxylic acids is 2. The number of nitriles is 1. The largest absolute Gasteiger partial charge is 0.497 e. The number of nitrogens with zero attached hydrogens (tertiary/aromatic N) is 1. The molecule has 29 heavy (non-hydrogen) atoms. The molecular weight excluding hydrogens is 396 g/mol. The van der Waals surface area contributed by atoms with Crippen molar-refractivity contribution in [3.05, 3.63) is 45.8 Å². The summed E-state index contributed by atoms with van der Waals surface area (Å²) in [5.41, 5.74) is 6.75. The average Bonchev–Trinajstić information content (AvgIpc) is 3.05. The number of nitrogen functional groups attached to an aromatic ring is 1. The number of benzene rings is 1. The molecule has 2 rings (SSSR count). The first kappa shape index (κ1) is 21.8. The number of esters is 2. The van der Waals surface area contributed by atoms with Crippen molar-refractivity contribution in [3.63, 3.8) is 0 Å². The van der Waals surface area contributed by atoms with Crippen molar-refractivity contribution >= 4 is 34.4 Å². The topological polar surface area (TPSA) is 121 Å². The molecule has 2 aromatic rings. The van der Waals surface area contributed by atoms with Crippen molar-refractivity contribution in [3.8, 4) is 17.6 Å². The molecule has 9 heteroatoms. The van der Waals surface area contributed by atoms with Crippen LogP contribution in [0.2, 0.25) is 0 Å². The van der Waals surface area contributed by atoms with Gasteiger partial charge in [-0.05, 0) is 31.2 Å². The summed E-state index contributed by atoms with van der Waals surface area (Å²) in [4.78, 5) is 24.4. The number of nitrogens with two attached hydrogens (primary N) is 1. The summed E-state index contributed by atoms with van der Waals surface area (Å²) in [5, 5.41) is 9.46. The lowest BCUT2D eigenvalue weighted by atomic mass is 10.1. The fraction of sp³-hybridized carbons (Fsp3) is 0.250. The second-order valence-electron chi connectivity index (χ2n) is 5.53. The molecule has 2 N–H and O–H groups in total. The zero-order valence-corrected chi connectivity index (χ0v) is 17.0. The van der Waals surface area contributed by atoms with E-state index in [1.54, 1.807) is 25.1 Å². The van der Waals surface area contributed by atoms with Gasteiger partial charge in [-0.2, -0.15) is 5.26 Å². The minimum atomic E-state index is -0.668. The van der Waals surface area contributed by atoms with E-state index >= 15 is 0 Å². The maximum absolute atomic E-state index is 12.1. The summed E-state index contributed by atoms with van der Waals surface area (Å²) in [7, 11) is 3.04. The van der Waals surface area contributed by atoms with Gasteiger partial charge in [-0.25, -0.2) is 9.59 Å². The molecule has 0 radical (unpaired) electrons. The molecule has 0 bridgehead atoms. The first-order valence-electron chi connectivity index (χ1n) is 8.50. The van der Waals surface area contributed by atoms with Crippen molar-refractivity contribution in [2.75, 3.05) is 26.6 Å². The first-order chi connectivity index (χ1) is 13.9. The lowest BCUT2D eigenvalue weighted by molar-refractivity contribution is -0.138. The van der Waals surface area contributed by atoms with Crippen LogP contribution in [0.5, 0.6) is 11.5 Å². The molecule has 1 heterocycles. The Balaban J connectivity index is 2.17. The molecule has 0 fully saturated rings. The summed E-state index contributed by atoms with van der Waals surface area (Å²) >= 11 is 0.926. The molecular formula is C20H20N2O6S. The van der Waals surface area contributed by atoms with E-state index in [4.69, 9.17) is 24.7 Å². The Labute approximate surface area is 172 Å². The second kappa shape index (κ2) is 10.1. The zero-order valence-electron chi connectivity index (χ0n) is 16.2. The highest BCUT2D eigenvalue weighted by Gasteiger charge is 2.23. The third-order valence-corrected chi connectivity index (χ3v) is 4.84. The predicted molar refractivity (Wildman–Crippen MR) is 108 cm³/mol. The average molecular weight is 416 g/mol. The van der Waals surface area contributed by atoms with Gasteiger partial charge in [0.1, 0.15) is 34.1 Å². The molecule has 0 saturated carbocycles. The Bertz CT molecular complexity index is 974. The van der Waals surface area contributed by atoms with Gasteiger partial charge in [-0.1, -0.05) is 0 Å². The van der Waals surface area contributed by atoms with Crippen molar-refractivity contribution in [1.82, 2.24) is 0 Å². The molecule has 0 atom stereocenters. The van der Waals surface area contributed by atoms with Crippen LogP contribution in [-0.2, 0) is 20.9 Å². The Morgan fingerprint density at radius 3 is 2.62 bits per heavy atom. The molecule has 0 amide bonds. The van der Waals surface area contributed by atoms with Crippen molar-refractivity contribution < 1.29 is 28.5 Å². The number of anilines is 1. The van der Waals surface area contributed by atoms with E-state index in [1.165, 1.54) is 26.4 Å². The lowest BCUT2D eigenvalue weighted by Gasteiger charge is -2.07. The Kier molecular flexibility index (Phi) is 7.62. The molecule has 152 valence electrons. The summed E-state index contributed by atoms with van der Waals surface area (Å²) in [6.07, 6.45) is 2.73. The van der Waals surface area contributed by atoms with Gasteiger partial charge in [0.2, 0.25) is 0 Å². The predicted octanol–water partition coefficient (Wildman–Crippen LogP) is 3.15. The van der Waals surface area contributed by atoms with Gasteiger partial charge < -0.3 is 24.7 Å². The third kappa shape index (κ3) is 5.27. The van der Waals surface area contributed by atoms with E-state index in [0.717, 1.165) is 11.3 Å². The van der Waals surface area contributed by atoms with Gasteiger partial charge in [-0.15, -0.1) is 11.3 Å². The number of carbonyl (C=O) groups is 2. The molecule has 0 unspecified atom stereocenters. The molecule has 0 aliphatic rings. The minimum absolute atomic E-state index is 0.101. The third-order valence-electron chi connectivity index (χ3n) is 3.80. The SMILES string of the molecule is CCOC(=O)c1sc(N)c(C#N)c1COC(=O)/C=C/c1cc(OC)ccc1OC. The van der Waals surface area contributed by atoms with E-state index in [1.807, 2.05) is 6.07 Å². The maximum Gasteiger partial charge on any atom is 0.348 e. The number of thiophene rings is 1. The summed E-state index contributed by atoms with van der Waals surface area (Å²) in [6.45, 7) is 1.55. The van der Waals surface area contributed by atoms with Crippen molar-refractivity contribution in [2.24, 2.45) is 0 Å². The molecule has 8 nitrogen and oxygen atoms in total. The summed E-state index contributed by atoms with van der Waals surface area (Å²) in [6, 6.07) is 7.07. The van der Waals surface area contributed by atoms with Gasteiger partial charge >= 0.3 is 11.9 Å². The highest BCUT2D eigenvalue weighted by Crippen LogP contribution is 2.32. The van der Waals surface area contributed by atoms with E-state index in [9.17, 15) is 14.9 Å². The van der Waals surface area contributed by atoms with E-state index < -0.39 is 11.9 Å². The van der Waals surface area contributed by atoms with Crippen LogP contribution < -0.4 is 15.2 Å². The second-order valence-corrected chi connectivity index (χ2v) is 6.58. The van der Waals surface area contributed by atoms with E-state index in [-0.39, 0.29) is 34.2 Å². The van der Waals surface area contributed by atoms with Crippen LogP contribution in [0.15, 0.2) is 24.3 Å². The highest BCUT2D eigenvalue weighted by molar-refractivity contribution is 7.18. The molecule has 0 aliphatic carbocycles. The van der Waals surface area contributed by atoms with Gasteiger partial charge in [0, 0.05) is 17.2 Å². The number of ether oxygens (including phenoxy) is 4. The van der Waals surface area contributed by atoms with Crippen LogP contribution in [0, 0.1) is 11.3 Å². The normalized spacial score (nSPS) is 10.4. The highest BCUT2D eigenvalue weighted by atomic mass is 32.1. The van der Waals surface area contributed by atoms with Gasteiger partial charge in [0.05, 0.1) is 26.4 Å². The zero-order chi connectivity index (χ0) is 21.4. The lowest BCUT2D eigenvalue weighted by Crippen LogP contribution is -2.08. The molecule has 1 aromatic carbocycles. The fourth-order valence-corrected chi connectivity index (χ4v) is 3.34. The van der Waals surface area contributed by atoms with Crippen molar-refractivity contribution in [2.45, 2.75) is 13.5 Å². The Morgan fingerprint density at radius 2 is 2.00 bits per heavy atom. The number of hydrogen-bond acceptors (Lipinski definition) is 9. The fourth-order valence-electron chi connectivity index (χ4n) is 2.43. The van der Waals surface area contributed by atoms with Crippen LogP contribution in [0.3, 0.4) is 0 Å². The quantitative estimate of drug-likeness (QED) is 0.514. The number of hydrogen-bond donors (Lipinski definition) is 1. The van der Waals surface area contributed by atoms with Gasteiger partial charge in [0.15, 0.2) is 0 Å². The Hall–Kier alpha value is -3.51. The van der Waals surface area contributed by atoms with E-state index in [0.29, 0.717) is 17.1 Å². The van der Waals surface area contributed by atoms with E-state index in [2.05, 4.69) is 0 Å². The summed E-state index contributed by atoms with van der Waals surface area (Å²) < 4.78 is 20.6. The molecule has 0 saturated heterocycles. The van der Waals surface area contributed by atoms with Crippen LogP contribution in [0.25, 0.3) is 6.08 Å². The van der Waals surface area contributed by atoms with Crippen LogP contribution in [0.4, 0.5) is 5.00 Å². The minimum Gasteiger partial charge on any atom is -0.497 e. The maximum atomic E-state index is 12.1. The molecule has 0 spiro atoms. The van der Waals surface area contributed by atoms with Crippen LogP contribution in [0.1, 0.15) is 33.3 Å². The van der Waals surface area contributed by atoms with Gasteiger partial charge in [-0.3, -0.25) is 0 Å². The number of methoxy groups -OCH3 is 2. The molecule has 0 aliphatic heterocycles. The summed E-state index contributed by atoms with van der Waals surface area (Å²) in [5.74, 6) is -0.131. The van der Waals surface area contributed by atoms with Crippen LogP contribution >= 0.6 is 11.3 Å². The monoisotopic (exact) mass is 416 g/mol. The molecule has 1 aromatic heterocycles. The van der Waals surface area contributed by atoms with Gasteiger partial charge in [0.25, 0.3) is 0 Å².